The number of aromatic nitrogens is 2. The van der Waals surface area contributed by atoms with Crippen LogP contribution >= 0.6 is 0 Å². The summed E-state index contributed by atoms with van der Waals surface area (Å²) >= 11 is 0. The van der Waals surface area contributed by atoms with E-state index in [9.17, 15) is 4.79 Å². The molecule has 0 spiro atoms. The Labute approximate surface area is 147 Å². The molecule has 0 aliphatic carbocycles. The second kappa shape index (κ2) is 8.24. The molecule has 0 saturated carbocycles. The average molecular weight is 335 g/mol. The van der Waals surface area contributed by atoms with Gasteiger partial charge in [0, 0.05) is 11.9 Å². The normalized spacial score (nSPS) is 11.9. The summed E-state index contributed by atoms with van der Waals surface area (Å²) in [7, 11) is 0. The fraction of sp³-hybridized carbons (Fsp3) is 0.250. The number of esters is 1. The number of hydrogen-bond donors (Lipinski definition) is 1. The Kier molecular flexibility index (Phi) is 5.57. The van der Waals surface area contributed by atoms with E-state index in [2.05, 4.69) is 15.3 Å². The van der Waals surface area contributed by atoms with E-state index < -0.39 is 0 Å². The number of fused-ring (bicyclic) bond motifs is 1. The van der Waals surface area contributed by atoms with Gasteiger partial charge in [-0.1, -0.05) is 42.5 Å². The first-order chi connectivity index (χ1) is 12.3. The number of hydrogen-bond acceptors (Lipinski definition) is 5. The van der Waals surface area contributed by atoms with E-state index in [0.29, 0.717) is 19.6 Å². The Morgan fingerprint density at radius 2 is 1.84 bits per heavy atom. The Morgan fingerprint density at radius 1 is 1.08 bits per heavy atom. The van der Waals surface area contributed by atoms with E-state index in [0.717, 1.165) is 22.3 Å². The third-order valence-corrected chi connectivity index (χ3v) is 4.00. The van der Waals surface area contributed by atoms with Gasteiger partial charge in [-0.3, -0.25) is 4.79 Å². The van der Waals surface area contributed by atoms with Gasteiger partial charge >= 0.3 is 5.97 Å². The second-order valence-corrected chi connectivity index (χ2v) is 5.76. The van der Waals surface area contributed by atoms with Crippen LogP contribution in [0.2, 0.25) is 0 Å². The van der Waals surface area contributed by atoms with E-state index >= 15 is 0 Å². The molecule has 1 atom stereocenters. The summed E-state index contributed by atoms with van der Waals surface area (Å²) in [5.74, 6) is 0.251. The monoisotopic (exact) mass is 335 g/mol. The van der Waals surface area contributed by atoms with Crippen molar-refractivity contribution in [2.75, 3.05) is 18.5 Å². The molecule has 0 amide bonds. The average Bonchev–Trinajstić information content (AvgIpc) is 2.66. The first-order valence-electron chi connectivity index (χ1n) is 8.42. The van der Waals surface area contributed by atoms with Crippen molar-refractivity contribution in [3.8, 4) is 0 Å². The number of carbonyl (C=O) groups excluding carboxylic acids is 1. The molecule has 1 aromatic heterocycles. The molecule has 0 saturated heterocycles. The van der Waals surface area contributed by atoms with Crippen molar-refractivity contribution < 1.29 is 9.53 Å². The topological polar surface area (TPSA) is 64.1 Å². The number of ether oxygens (including phenoxy) is 1. The first kappa shape index (κ1) is 16.9. The Hall–Kier alpha value is -2.95. The molecule has 0 bridgehead atoms. The predicted molar refractivity (Wildman–Crippen MR) is 98.3 cm³/mol. The standard InChI is InChI=1S/C20H21N3O2/c1-2-25-20(24)16(12-15-8-4-3-5-9-15)13-21-19-17-10-6-7-11-18(17)22-14-23-19/h3-11,14,16H,2,12-13H2,1H3,(H,21,22,23)/t16-/m0/s1. The maximum absolute atomic E-state index is 12.3. The second-order valence-electron chi connectivity index (χ2n) is 5.76. The number of carbonyl (C=O) groups is 1. The maximum Gasteiger partial charge on any atom is 0.311 e. The molecule has 0 aliphatic heterocycles. The van der Waals surface area contributed by atoms with Crippen molar-refractivity contribution in [3.05, 3.63) is 66.5 Å². The van der Waals surface area contributed by atoms with Gasteiger partial charge in [0.1, 0.15) is 12.1 Å². The molecule has 5 nitrogen and oxygen atoms in total. The van der Waals surface area contributed by atoms with Crippen molar-refractivity contribution in [2.45, 2.75) is 13.3 Å². The summed E-state index contributed by atoms with van der Waals surface area (Å²) in [6.45, 7) is 2.65. The molecule has 1 heterocycles. The third kappa shape index (κ3) is 4.32. The highest BCUT2D eigenvalue weighted by Gasteiger charge is 2.20. The molecule has 5 heteroatoms. The molecule has 128 valence electrons. The zero-order valence-corrected chi connectivity index (χ0v) is 14.2. The lowest BCUT2D eigenvalue weighted by Gasteiger charge is -2.17. The van der Waals surface area contributed by atoms with E-state index in [1.54, 1.807) is 0 Å². The molecule has 0 fully saturated rings. The van der Waals surface area contributed by atoms with Crippen LogP contribution in [0.4, 0.5) is 5.82 Å². The molecule has 0 aliphatic rings. The number of nitrogens with one attached hydrogen (secondary N) is 1. The molecule has 0 unspecified atom stereocenters. The Morgan fingerprint density at radius 3 is 2.64 bits per heavy atom. The van der Waals surface area contributed by atoms with E-state index in [1.165, 1.54) is 6.33 Å². The lowest BCUT2D eigenvalue weighted by molar-refractivity contribution is -0.147. The van der Waals surface area contributed by atoms with E-state index in [4.69, 9.17) is 4.74 Å². The quantitative estimate of drug-likeness (QED) is 0.670. The minimum atomic E-state index is -0.281. The number of para-hydroxylation sites is 1. The van der Waals surface area contributed by atoms with Crippen molar-refractivity contribution in [2.24, 2.45) is 5.92 Å². The molecule has 1 N–H and O–H groups in total. The van der Waals surface area contributed by atoms with Gasteiger partial charge in [0.05, 0.1) is 18.0 Å². The minimum absolute atomic E-state index is 0.197. The highest BCUT2D eigenvalue weighted by atomic mass is 16.5. The molecule has 3 aromatic rings. The van der Waals surface area contributed by atoms with Crippen molar-refractivity contribution in [3.63, 3.8) is 0 Å². The number of nitrogens with zero attached hydrogens (tertiary/aromatic N) is 2. The minimum Gasteiger partial charge on any atom is -0.466 e. The summed E-state index contributed by atoms with van der Waals surface area (Å²) in [6, 6.07) is 17.8. The molecule has 2 aromatic carbocycles. The van der Waals surface area contributed by atoms with Gasteiger partial charge in [0.2, 0.25) is 0 Å². The van der Waals surface area contributed by atoms with Crippen molar-refractivity contribution in [1.82, 2.24) is 9.97 Å². The summed E-state index contributed by atoms with van der Waals surface area (Å²) < 4.78 is 5.24. The Bertz CT molecular complexity index is 831. The van der Waals surface area contributed by atoms with Crippen molar-refractivity contribution >= 4 is 22.7 Å². The first-order valence-corrected chi connectivity index (χ1v) is 8.42. The van der Waals surface area contributed by atoms with Gasteiger partial charge in [0.25, 0.3) is 0 Å². The van der Waals surface area contributed by atoms with Crippen LogP contribution in [0.5, 0.6) is 0 Å². The number of benzene rings is 2. The van der Waals surface area contributed by atoms with Crippen molar-refractivity contribution in [1.29, 1.82) is 0 Å². The van der Waals surface area contributed by atoms with Crippen LogP contribution in [0, 0.1) is 5.92 Å². The van der Waals surface area contributed by atoms with Gasteiger partial charge in [-0.15, -0.1) is 0 Å². The van der Waals surface area contributed by atoms with Crippen LogP contribution in [0.1, 0.15) is 12.5 Å². The van der Waals surface area contributed by atoms with Gasteiger partial charge < -0.3 is 10.1 Å². The summed E-state index contributed by atoms with van der Waals surface area (Å²) in [5.41, 5.74) is 1.98. The zero-order chi connectivity index (χ0) is 17.5. The van der Waals surface area contributed by atoms with Crippen LogP contribution in [0.15, 0.2) is 60.9 Å². The third-order valence-electron chi connectivity index (χ3n) is 4.00. The fourth-order valence-electron chi connectivity index (χ4n) is 2.76. The number of anilines is 1. The van der Waals surface area contributed by atoms with Crippen LogP contribution in [0.3, 0.4) is 0 Å². The van der Waals surface area contributed by atoms with Crippen LogP contribution in [-0.4, -0.2) is 29.1 Å². The van der Waals surface area contributed by atoms with Crippen LogP contribution < -0.4 is 5.32 Å². The summed E-state index contributed by atoms with van der Waals surface area (Å²) in [5, 5.41) is 4.23. The lowest BCUT2D eigenvalue weighted by Crippen LogP contribution is -2.27. The van der Waals surface area contributed by atoms with E-state index in [1.807, 2.05) is 61.5 Å². The highest BCUT2D eigenvalue weighted by Crippen LogP contribution is 2.19. The smallest absolute Gasteiger partial charge is 0.311 e. The van der Waals surface area contributed by atoms with Crippen LogP contribution in [0.25, 0.3) is 10.9 Å². The number of rotatable bonds is 7. The van der Waals surface area contributed by atoms with Crippen LogP contribution in [-0.2, 0) is 16.0 Å². The SMILES string of the molecule is CCOC(=O)[C@H](CNc1ncnc2ccccc12)Cc1ccccc1. The summed E-state index contributed by atoms with van der Waals surface area (Å²) in [4.78, 5) is 20.9. The molecule has 0 radical (unpaired) electrons. The lowest BCUT2D eigenvalue weighted by atomic mass is 9.99. The van der Waals surface area contributed by atoms with Gasteiger partial charge in [-0.05, 0) is 31.0 Å². The van der Waals surface area contributed by atoms with Gasteiger partial charge in [-0.2, -0.15) is 0 Å². The maximum atomic E-state index is 12.3. The van der Waals surface area contributed by atoms with Gasteiger partial charge in [-0.25, -0.2) is 9.97 Å². The predicted octanol–water partition coefficient (Wildman–Crippen LogP) is 3.46. The highest BCUT2D eigenvalue weighted by molar-refractivity contribution is 5.88. The largest absolute Gasteiger partial charge is 0.466 e. The molecular formula is C20H21N3O2. The summed E-state index contributed by atoms with van der Waals surface area (Å²) in [6.07, 6.45) is 2.15. The van der Waals surface area contributed by atoms with Gasteiger partial charge in [0.15, 0.2) is 0 Å². The van der Waals surface area contributed by atoms with E-state index in [-0.39, 0.29) is 11.9 Å². The fourth-order valence-corrected chi connectivity index (χ4v) is 2.76. The molecule has 25 heavy (non-hydrogen) atoms. The zero-order valence-electron chi connectivity index (χ0n) is 14.2. The Balaban J connectivity index is 1.76. The molecule has 3 rings (SSSR count). The molecular weight excluding hydrogens is 314 g/mol.